The van der Waals surface area contributed by atoms with E-state index in [4.69, 9.17) is 4.74 Å². The molecule has 0 aliphatic carbocycles. The number of amides is 1. The quantitative estimate of drug-likeness (QED) is 0.846. The summed E-state index contributed by atoms with van der Waals surface area (Å²) in [5, 5.41) is 2.70. The number of hydrogen-bond acceptors (Lipinski definition) is 3. The summed E-state index contributed by atoms with van der Waals surface area (Å²) >= 11 is 0. The Morgan fingerprint density at radius 2 is 1.92 bits per heavy atom. The largest absolute Gasteiger partial charge is 0.444 e. The second kappa shape index (κ2) is 7.73. The van der Waals surface area contributed by atoms with Crippen LogP contribution in [-0.4, -0.2) is 16.7 Å². The number of alkyl carbamates (subject to hydrolysis) is 1. The van der Waals surface area contributed by atoms with Crippen molar-refractivity contribution in [3.8, 4) is 0 Å². The molecule has 0 bridgehead atoms. The molecule has 0 fully saturated rings. The highest BCUT2D eigenvalue weighted by atomic mass is 19.1. The molecule has 1 aromatic carbocycles. The zero-order chi connectivity index (χ0) is 17.6. The topological polar surface area (TPSA) is 51.2 Å². The first kappa shape index (κ1) is 17.7. The smallest absolute Gasteiger partial charge is 0.407 e. The summed E-state index contributed by atoms with van der Waals surface area (Å²) in [6.45, 7) is 5.84. The van der Waals surface area contributed by atoms with E-state index < -0.39 is 17.6 Å². The van der Waals surface area contributed by atoms with Crippen LogP contribution in [0, 0.1) is 5.95 Å². The first-order valence-electron chi connectivity index (χ1n) is 7.68. The fraction of sp³-hybridized carbons (Fsp3) is 0.263. The normalized spacial score (nSPS) is 11.5. The van der Waals surface area contributed by atoms with Crippen LogP contribution in [-0.2, 0) is 11.3 Å². The van der Waals surface area contributed by atoms with Gasteiger partial charge in [-0.05, 0) is 50.1 Å². The van der Waals surface area contributed by atoms with Crippen molar-refractivity contribution < 1.29 is 13.9 Å². The van der Waals surface area contributed by atoms with Crippen molar-refractivity contribution in [2.75, 3.05) is 0 Å². The average Bonchev–Trinajstić information content (AvgIpc) is 2.51. The Labute approximate surface area is 141 Å². The van der Waals surface area contributed by atoms with Crippen LogP contribution in [0.25, 0.3) is 12.2 Å². The summed E-state index contributed by atoms with van der Waals surface area (Å²) in [7, 11) is 0. The fourth-order valence-electron chi connectivity index (χ4n) is 1.94. The van der Waals surface area contributed by atoms with Crippen LogP contribution in [0.5, 0.6) is 0 Å². The van der Waals surface area contributed by atoms with Crippen LogP contribution in [0.1, 0.15) is 37.5 Å². The van der Waals surface area contributed by atoms with Gasteiger partial charge in [-0.25, -0.2) is 9.78 Å². The third-order valence-corrected chi connectivity index (χ3v) is 3.06. The van der Waals surface area contributed by atoms with Gasteiger partial charge in [-0.15, -0.1) is 0 Å². The van der Waals surface area contributed by atoms with E-state index in [2.05, 4.69) is 10.3 Å². The molecule has 1 amide bonds. The number of carbonyl (C=O) groups excluding carboxylic acids is 1. The molecule has 0 atom stereocenters. The summed E-state index contributed by atoms with van der Waals surface area (Å²) in [4.78, 5) is 15.2. The third-order valence-electron chi connectivity index (χ3n) is 3.06. The van der Waals surface area contributed by atoms with Crippen molar-refractivity contribution in [1.82, 2.24) is 10.3 Å². The molecule has 0 radical (unpaired) electrons. The number of benzene rings is 1. The maximum absolute atomic E-state index is 13.4. The third kappa shape index (κ3) is 5.83. The number of ether oxygens (including phenoxy) is 1. The van der Waals surface area contributed by atoms with Crippen molar-refractivity contribution in [1.29, 1.82) is 0 Å². The molecular weight excluding hydrogens is 307 g/mol. The highest BCUT2D eigenvalue weighted by molar-refractivity contribution is 5.70. The molecule has 0 saturated carbocycles. The number of nitrogens with one attached hydrogen (secondary N) is 1. The van der Waals surface area contributed by atoms with Gasteiger partial charge in [0.15, 0.2) is 0 Å². The van der Waals surface area contributed by atoms with Gasteiger partial charge < -0.3 is 10.1 Å². The highest BCUT2D eigenvalue weighted by Gasteiger charge is 2.15. The minimum absolute atomic E-state index is 0.385. The predicted octanol–water partition coefficient (Wildman–Crippen LogP) is 4.42. The van der Waals surface area contributed by atoms with Gasteiger partial charge in [-0.2, -0.15) is 4.39 Å². The molecule has 5 heteroatoms. The van der Waals surface area contributed by atoms with Gasteiger partial charge in [0.05, 0.1) is 0 Å². The maximum atomic E-state index is 13.4. The summed E-state index contributed by atoms with van der Waals surface area (Å²) < 4.78 is 18.6. The number of nitrogens with zero attached hydrogens (tertiary/aromatic N) is 1. The monoisotopic (exact) mass is 328 g/mol. The molecule has 0 spiro atoms. The van der Waals surface area contributed by atoms with Gasteiger partial charge in [0.1, 0.15) is 5.60 Å². The number of carbonyl (C=O) groups is 1. The first-order valence-corrected chi connectivity index (χ1v) is 7.68. The zero-order valence-electron chi connectivity index (χ0n) is 14.0. The van der Waals surface area contributed by atoms with E-state index in [1.807, 2.05) is 51.1 Å². The van der Waals surface area contributed by atoms with Gasteiger partial charge >= 0.3 is 6.09 Å². The Morgan fingerprint density at radius 1 is 1.21 bits per heavy atom. The first-order chi connectivity index (χ1) is 11.3. The average molecular weight is 328 g/mol. The lowest BCUT2D eigenvalue weighted by molar-refractivity contribution is 0.0523. The summed E-state index contributed by atoms with van der Waals surface area (Å²) in [6, 6.07) is 11.0. The highest BCUT2D eigenvalue weighted by Crippen LogP contribution is 2.12. The number of rotatable bonds is 4. The van der Waals surface area contributed by atoms with Crippen LogP contribution in [0.4, 0.5) is 9.18 Å². The Morgan fingerprint density at radius 3 is 2.54 bits per heavy atom. The molecule has 0 aliphatic rings. The molecule has 1 heterocycles. The van der Waals surface area contributed by atoms with Crippen LogP contribution in [0.3, 0.4) is 0 Å². The molecule has 2 aromatic rings. The van der Waals surface area contributed by atoms with Crippen molar-refractivity contribution in [2.24, 2.45) is 0 Å². The Bertz CT molecular complexity index is 719. The second-order valence-corrected chi connectivity index (χ2v) is 6.31. The molecule has 24 heavy (non-hydrogen) atoms. The summed E-state index contributed by atoms with van der Waals surface area (Å²) in [5.41, 5.74) is 1.80. The standard InChI is InChI=1S/C19H21FN2O2/c1-19(2,3)24-18(23)22-13-15-8-6-14(7-9-15)10-11-16-5-4-12-21-17(16)20/h4-12H,13H2,1-3H3,(H,22,23)/b11-10+. The summed E-state index contributed by atoms with van der Waals surface area (Å²) in [5.74, 6) is -0.494. The van der Waals surface area contributed by atoms with Gasteiger partial charge in [-0.1, -0.05) is 30.3 Å². The predicted molar refractivity (Wildman–Crippen MR) is 92.6 cm³/mol. The Balaban J connectivity index is 1.91. The van der Waals surface area contributed by atoms with Crippen LogP contribution in [0.2, 0.25) is 0 Å². The van der Waals surface area contributed by atoms with Crippen LogP contribution >= 0.6 is 0 Å². The van der Waals surface area contributed by atoms with E-state index in [-0.39, 0.29) is 0 Å². The Hall–Kier alpha value is -2.69. The van der Waals surface area contributed by atoms with E-state index >= 15 is 0 Å². The lowest BCUT2D eigenvalue weighted by Gasteiger charge is -2.19. The second-order valence-electron chi connectivity index (χ2n) is 6.31. The molecule has 126 valence electrons. The minimum atomic E-state index is -0.514. The molecular formula is C19H21FN2O2. The van der Waals surface area contributed by atoms with E-state index in [1.165, 1.54) is 6.20 Å². The molecule has 1 aromatic heterocycles. The number of aromatic nitrogens is 1. The minimum Gasteiger partial charge on any atom is -0.444 e. The molecule has 4 nitrogen and oxygen atoms in total. The van der Waals surface area contributed by atoms with Crippen molar-refractivity contribution in [2.45, 2.75) is 32.9 Å². The number of pyridine rings is 1. The zero-order valence-corrected chi connectivity index (χ0v) is 14.0. The van der Waals surface area contributed by atoms with Crippen LogP contribution in [0.15, 0.2) is 42.6 Å². The molecule has 0 saturated heterocycles. The number of halogens is 1. The fourth-order valence-corrected chi connectivity index (χ4v) is 1.94. The Kier molecular flexibility index (Phi) is 5.68. The molecule has 2 rings (SSSR count). The van der Waals surface area contributed by atoms with E-state index in [0.717, 1.165) is 11.1 Å². The van der Waals surface area contributed by atoms with Gasteiger partial charge in [-0.3, -0.25) is 0 Å². The van der Waals surface area contributed by atoms with Crippen molar-refractivity contribution in [3.63, 3.8) is 0 Å². The SMILES string of the molecule is CC(C)(C)OC(=O)NCc1ccc(/C=C/c2cccnc2F)cc1. The van der Waals surface area contributed by atoms with Gasteiger partial charge in [0.2, 0.25) is 5.95 Å². The molecule has 0 aliphatic heterocycles. The summed E-state index contributed by atoms with van der Waals surface area (Å²) in [6.07, 6.45) is 4.46. The lowest BCUT2D eigenvalue weighted by atomic mass is 10.1. The van der Waals surface area contributed by atoms with E-state index in [9.17, 15) is 9.18 Å². The van der Waals surface area contributed by atoms with Crippen LogP contribution < -0.4 is 5.32 Å². The maximum Gasteiger partial charge on any atom is 0.407 e. The number of hydrogen-bond donors (Lipinski definition) is 1. The molecule has 0 unspecified atom stereocenters. The lowest BCUT2D eigenvalue weighted by Crippen LogP contribution is -2.32. The molecule has 1 N–H and O–H groups in total. The van der Waals surface area contributed by atoms with Gasteiger partial charge in [0.25, 0.3) is 0 Å². The van der Waals surface area contributed by atoms with Crippen molar-refractivity contribution in [3.05, 3.63) is 65.2 Å². The van der Waals surface area contributed by atoms with Crippen molar-refractivity contribution >= 4 is 18.2 Å². The van der Waals surface area contributed by atoms with E-state index in [0.29, 0.717) is 12.1 Å². The van der Waals surface area contributed by atoms with Gasteiger partial charge in [0, 0.05) is 18.3 Å². The van der Waals surface area contributed by atoms with E-state index in [1.54, 1.807) is 18.2 Å².